The van der Waals surface area contributed by atoms with Crippen LogP contribution in [0.3, 0.4) is 0 Å². The molecule has 23 heavy (non-hydrogen) atoms. The van der Waals surface area contributed by atoms with Gasteiger partial charge in [0, 0.05) is 18.8 Å². The van der Waals surface area contributed by atoms with Crippen molar-refractivity contribution in [1.82, 2.24) is 9.88 Å². The van der Waals surface area contributed by atoms with Crippen molar-refractivity contribution in [3.63, 3.8) is 0 Å². The molecule has 0 aliphatic carbocycles. The molecule has 2 unspecified atom stereocenters. The number of ether oxygens (including phenoxy) is 1. The molecule has 2 atom stereocenters. The van der Waals surface area contributed by atoms with Crippen LogP contribution < -0.4 is 5.32 Å². The van der Waals surface area contributed by atoms with Gasteiger partial charge in [0.05, 0.1) is 6.10 Å². The first-order valence-electron chi connectivity index (χ1n) is 8.12. The lowest BCUT2D eigenvalue weighted by Crippen LogP contribution is -2.39. The maximum absolute atomic E-state index is 11.7. The Morgan fingerprint density at radius 3 is 2.78 bits per heavy atom. The van der Waals surface area contributed by atoms with Gasteiger partial charge in [-0.1, -0.05) is 6.07 Å². The molecule has 0 aromatic carbocycles. The van der Waals surface area contributed by atoms with Crippen molar-refractivity contribution in [3.8, 4) is 0 Å². The molecule has 2 rings (SSSR count). The molecule has 0 radical (unpaired) electrons. The Morgan fingerprint density at radius 1 is 1.48 bits per heavy atom. The second-order valence-corrected chi connectivity index (χ2v) is 7.07. The maximum atomic E-state index is 11.7. The molecule has 0 spiro atoms. The molecule has 2 N–H and O–H groups in total. The Kier molecular flexibility index (Phi) is 5.59. The molecule has 1 aliphatic heterocycles. The Labute approximate surface area is 137 Å². The second-order valence-electron chi connectivity index (χ2n) is 7.07. The van der Waals surface area contributed by atoms with E-state index in [0.717, 1.165) is 24.9 Å². The highest BCUT2D eigenvalue weighted by atomic mass is 16.6. The lowest BCUT2D eigenvalue weighted by atomic mass is 10.0. The van der Waals surface area contributed by atoms with Crippen molar-refractivity contribution in [2.45, 2.75) is 58.3 Å². The molecule has 6 nitrogen and oxygen atoms in total. The highest BCUT2D eigenvalue weighted by Crippen LogP contribution is 2.24. The van der Waals surface area contributed by atoms with Crippen molar-refractivity contribution in [1.29, 1.82) is 0 Å². The summed E-state index contributed by atoms with van der Waals surface area (Å²) in [5, 5.41) is 12.4. The first-order chi connectivity index (χ1) is 10.7. The van der Waals surface area contributed by atoms with Gasteiger partial charge in [0.1, 0.15) is 11.4 Å². The van der Waals surface area contributed by atoms with Crippen molar-refractivity contribution >= 4 is 11.9 Å². The standard InChI is InChI=1S/C17H27N3O3/c1-12(20-9-5-6-14(21)11-20)13-7-8-15(18-10-13)19-16(22)23-17(2,3)4/h7-8,10,12,14,21H,5-6,9,11H2,1-4H3,(H,18,19,22). The Hall–Kier alpha value is -1.66. The average Bonchev–Trinajstić information content (AvgIpc) is 2.45. The summed E-state index contributed by atoms with van der Waals surface area (Å²) in [6.07, 6.45) is 2.90. The minimum Gasteiger partial charge on any atom is -0.444 e. The zero-order valence-corrected chi connectivity index (χ0v) is 14.4. The van der Waals surface area contributed by atoms with Crippen molar-refractivity contribution in [3.05, 3.63) is 23.9 Å². The minimum absolute atomic E-state index is 0.188. The van der Waals surface area contributed by atoms with Crippen LogP contribution in [0.25, 0.3) is 0 Å². The molecule has 1 aromatic rings. The van der Waals surface area contributed by atoms with E-state index in [2.05, 4.69) is 22.1 Å². The van der Waals surface area contributed by atoms with E-state index in [0.29, 0.717) is 12.4 Å². The number of amides is 1. The zero-order valence-electron chi connectivity index (χ0n) is 14.4. The average molecular weight is 321 g/mol. The summed E-state index contributed by atoms with van der Waals surface area (Å²) in [6.45, 7) is 9.23. The zero-order chi connectivity index (χ0) is 17.0. The fourth-order valence-electron chi connectivity index (χ4n) is 2.68. The van der Waals surface area contributed by atoms with Gasteiger partial charge >= 0.3 is 6.09 Å². The summed E-state index contributed by atoms with van der Waals surface area (Å²) in [5.41, 5.74) is 0.530. The predicted octanol–water partition coefficient (Wildman–Crippen LogP) is 2.95. The van der Waals surface area contributed by atoms with Crippen molar-refractivity contribution in [2.75, 3.05) is 18.4 Å². The third-order valence-corrected chi connectivity index (χ3v) is 3.87. The van der Waals surface area contributed by atoms with E-state index in [4.69, 9.17) is 4.74 Å². The molecule has 128 valence electrons. The highest BCUT2D eigenvalue weighted by Gasteiger charge is 2.23. The fourth-order valence-corrected chi connectivity index (χ4v) is 2.68. The molecular formula is C17H27N3O3. The first kappa shape index (κ1) is 17.7. The number of nitrogens with zero attached hydrogens (tertiary/aromatic N) is 2. The van der Waals surface area contributed by atoms with Crippen LogP contribution in [0.2, 0.25) is 0 Å². The number of anilines is 1. The molecule has 1 amide bonds. The highest BCUT2D eigenvalue weighted by molar-refractivity contribution is 5.83. The molecule has 0 bridgehead atoms. The molecule has 1 saturated heterocycles. The molecule has 0 saturated carbocycles. The Bertz CT molecular complexity index is 525. The largest absolute Gasteiger partial charge is 0.444 e. The topological polar surface area (TPSA) is 74.7 Å². The number of rotatable bonds is 3. The van der Waals surface area contributed by atoms with E-state index in [1.54, 1.807) is 12.3 Å². The molecular weight excluding hydrogens is 294 g/mol. The maximum Gasteiger partial charge on any atom is 0.413 e. The number of carbonyl (C=O) groups excluding carboxylic acids is 1. The van der Waals surface area contributed by atoms with Crippen molar-refractivity contribution in [2.24, 2.45) is 0 Å². The molecule has 1 fully saturated rings. The first-order valence-corrected chi connectivity index (χ1v) is 8.12. The Morgan fingerprint density at radius 2 is 2.22 bits per heavy atom. The van der Waals surface area contributed by atoms with Crippen LogP contribution >= 0.6 is 0 Å². The summed E-state index contributed by atoms with van der Waals surface area (Å²) in [6, 6.07) is 3.91. The fraction of sp³-hybridized carbons (Fsp3) is 0.647. The van der Waals surface area contributed by atoms with Gasteiger partial charge in [0.15, 0.2) is 0 Å². The predicted molar refractivity (Wildman–Crippen MR) is 89.3 cm³/mol. The van der Waals surface area contributed by atoms with E-state index in [1.807, 2.05) is 26.8 Å². The van der Waals surface area contributed by atoms with Crippen LogP contribution in [0.15, 0.2) is 18.3 Å². The van der Waals surface area contributed by atoms with Gasteiger partial charge in [-0.25, -0.2) is 9.78 Å². The molecule has 1 aliphatic rings. The van der Waals surface area contributed by atoms with Crippen LogP contribution in [-0.2, 0) is 4.74 Å². The number of β-amino-alcohol motifs (C(OH)–C–C–N with tert-alkyl or cyclic N) is 1. The monoisotopic (exact) mass is 321 g/mol. The number of pyridine rings is 1. The van der Waals surface area contributed by atoms with Crippen LogP contribution in [0.5, 0.6) is 0 Å². The number of hydrogen-bond donors (Lipinski definition) is 2. The van der Waals surface area contributed by atoms with E-state index in [-0.39, 0.29) is 12.1 Å². The normalized spacial score (nSPS) is 20.8. The SMILES string of the molecule is CC(c1ccc(NC(=O)OC(C)(C)C)nc1)N1CCCC(O)C1. The van der Waals surface area contributed by atoms with Gasteiger partial charge in [-0.15, -0.1) is 0 Å². The Balaban J connectivity index is 1.95. The lowest BCUT2D eigenvalue weighted by molar-refractivity contribution is 0.0503. The second kappa shape index (κ2) is 7.27. The molecule has 6 heteroatoms. The molecule has 1 aromatic heterocycles. The number of piperidine rings is 1. The van der Waals surface area contributed by atoms with Gasteiger partial charge < -0.3 is 9.84 Å². The van der Waals surface area contributed by atoms with Crippen LogP contribution in [0.4, 0.5) is 10.6 Å². The summed E-state index contributed by atoms with van der Waals surface area (Å²) >= 11 is 0. The number of hydrogen-bond acceptors (Lipinski definition) is 5. The number of carbonyl (C=O) groups is 1. The van der Waals surface area contributed by atoms with Gasteiger partial charge in [-0.3, -0.25) is 10.2 Å². The van der Waals surface area contributed by atoms with Crippen LogP contribution in [0.1, 0.15) is 52.1 Å². The summed E-state index contributed by atoms with van der Waals surface area (Å²) in [5.74, 6) is 0.467. The number of likely N-dealkylation sites (tertiary alicyclic amines) is 1. The minimum atomic E-state index is -0.534. The number of nitrogens with one attached hydrogen (secondary N) is 1. The van der Waals surface area contributed by atoms with Gasteiger partial charge in [0.25, 0.3) is 0 Å². The van der Waals surface area contributed by atoms with Gasteiger partial charge in [-0.2, -0.15) is 0 Å². The summed E-state index contributed by atoms with van der Waals surface area (Å²) in [4.78, 5) is 18.3. The van der Waals surface area contributed by atoms with E-state index in [9.17, 15) is 9.90 Å². The quantitative estimate of drug-likeness (QED) is 0.895. The summed E-state index contributed by atoms with van der Waals surface area (Å²) < 4.78 is 5.20. The molecule has 2 heterocycles. The van der Waals surface area contributed by atoms with Crippen molar-refractivity contribution < 1.29 is 14.6 Å². The van der Waals surface area contributed by atoms with Crippen LogP contribution in [0, 0.1) is 0 Å². The third kappa shape index (κ3) is 5.48. The van der Waals surface area contributed by atoms with E-state index < -0.39 is 11.7 Å². The van der Waals surface area contributed by atoms with E-state index >= 15 is 0 Å². The number of aliphatic hydroxyl groups excluding tert-OH is 1. The van der Waals surface area contributed by atoms with E-state index in [1.165, 1.54) is 0 Å². The lowest BCUT2D eigenvalue weighted by Gasteiger charge is -2.34. The smallest absolute Gasteiger partial charge is 0.413 e. The van der Waals surface area contributed by atoms with Gasteiger partial charge in [-0.05, 0) is 58.7 Å². The summed E-state index contributed by atoms with van der Waals surface area (Å²) in [7, 11) is 0. The van der Waals surface area contributed by atoms with Gasteiger partial charge in [0.2, 0.25) is 0 Å². The third-order valence-electron chi connectivity index (χ3n) is 3.87. The number of aromatic nitrogens is 1. The van der Waals surface area contributed by atoms with Crippen LogP contribution in [-0.4, -0.2) is 45.9 Å². The number of aliphatic hydroxyl groups is 1.